The second kappa shape index (κ2) is 47.2. The van der Waals surface area contributed by atoms with Gasteiger partial charge in [0.1, 0.15) is 104 Å². The fourth-order valence-corrected chi connectivity index (χ4v) is 12.9. The van der Waals surface area contributed by atoms with Crippen LogP contribution in [0.2, 0.25) is 0 Å². The number of hydrogen-bond donors (Lipinski definition) is 16. The lowest BCUT2D eigenvalue weighted by atomic mass is 9.95. The highest BCUT2D eigenvalue weighted by Crippen LogP contribution is 2.34. The number of amides is 2. The van der Waals surface area contributed by atoms with Crippen LogP contribution in [0.3, 0.4) is 0 Å². The number of rotatable bonds is 50. The van der Waals surface area contributed by atoms with Gasteiger partial charge in [-0.2, -0.15) is 0 Å². The fourth-order valence-electron chi connectivity index (χ4n) is 12.9. The molecule has 0 saturated carbocycles. The first-order valence-electron chi connectivity index (χ1n) is 36.2. The SMILES string of the molecule is CCCCCCCCCCCCCCCCCCCCCC(O)C(=O)NC(COC1OC(CO)C(O)C(O)C1OC1OC(COC2OC(CO)C(O)C(OC3OC(C)C(O)C(O)C3O)C2NC(C)=O)C(O)C(O)C1O)C(O)C(O)CCCCCCCCCCCC(C)CC. The van der Waals surface area contributed by atoms with E-state index in [1.165, 1.54) is 129 Å². The highest BCUT2D eigenvalue weighted by molar-refractivity contribution is 5.80. The van der Waals surface area contributed by atoms with Gasteiger partial charge < -0.3 is 120 Å². The minimum absolute atomic E-state index is 0.123. The zero-order valence-electron chi connectivity index (χ0n) is 57.2. The van der Waals surface area contributed by atoms with Crippen molar-refractivity contribution in [3.05, 3.63) is 0 Å². The normalized spacial score (nSPS) is 33.2. The second-order valence-corrected chi connectivity index (χ2v) is 27.3. The third-order valence-corrected chi connectivity index (χ3v) is 19.4. The molecular formula is C68H128N2O24. The lowest BCUT2D eigenvalue weighted by Gasteiger charge is -2.48. The van der Waals surface area contributed by atoms with E-state index < -0.39 is 185 Å². The quantitative estimate of drug-likeness (QED) is 0.0389. The molecule has 554 valence electrons. The second-order valence-electron chi connectivity index (χ2n) is 27.3. The summed E-state index contributed by atoms with van der Waals surface area (Å²) in [4.78, 5) is 26.3. The molecule has 25 atom stereocenters. The molecule has 0 spiro atoms. The van der Waals surface area contributed by atoms with Crippen LogP contribution in [0.25, 0.3) is 0 Å². The van der Waals surface area contributed by atoms with E-state index in [4.69, 9.17) is 37.9 Å². The topological polar surface area (TPSA) is 415 Å². The van der Waals surface area contributed by atoms with Crippen molar-refractivity contribution in [2.75, 3.05) is 26.4 Å². The Labute approximate surface area is 559 Å². The summed E-state index contributed by atoms with van der Waals surface area (Å²) in [6.45, 7) is 6.08. The molecule has 0 radical (unpaired) electrons. The van der Waals surface area contributed by atoms with E-state index in [0.29, 0.717) is 12.8 Å². The standard InChI is InChI=1S/C68H128N2O24/c1-6-8-9-10-11-12-13-14-15-16-17-18-19-20-21-24-28-31-34-37-47(75)64(86)70-45(53(77)46(74)36-33-30-27-25-22-23-26-29-32-35-42(3)7-2)40-87-68-63(59(83)54(78)48(38-71)91-68)94-67-61(85)58(82)55(79)50(92-67)41-88-65-51(69-44(5)73)62(56(80)49(39-72)90-65)93-66-60(84)57(81)52(76)43(4)89-66/h42-43,45-63,65-68,71-72,74-85H,6-41H2,1-5H3,(H,69,73)(H,70,86). The smallest absolute Gasteiger partial charge is 0.249 e. The summed E-state index contributed by atoms with van der Waals surface area (Å²) in [5.74, 6) is -0.806. The molecule has 4 aliphatic heterocycles. The van der Waals surface area contributed by atoms with Gasteiger partial charge in [0.05, 0.1) is 44.7 Å². The van der Waals surface area contributed by atoms with Gasteiger partial charge in [0.2, 0.25) is 11.8 Å². The van der Waals surface area contributed by atoms with E-state index in [9.17, 15) is 81.1 Å². The molecule has 94 heavy (non-hydrogen) atoms. The Morgan fingerprint density at radius 3 is 1.38 bits per heavy atom. The molecule has 4 rings (SSSR count). The molecule has 0 aromatic heterocycles. The van der Waals surface area contributed by atoms with E-state index in [-0.39, 0.29) is 12.8 Å². The minimum Gasteiger partial charge on any atom is -0.394 e. The highest BCUT2D eigenvalue weighted by Gasteiger charge is 2.54. The Bertz CT molecular complexity index is 1960. The Morgan fingerprint density at radius 1 is 0.457 bits per heavy atom. The maximum absolute atomic E-state index is 13.7. The maximum Gasteiger partial charge on any atom is 0.249 e. The van der Waals surface area contributed by atoms with E-state index >= 15 is 0 Å². The lowest BCUT2D eigenvalue weighted by Crippen LogP contribution is -2.68. The molecule has 4 heterocycles. The molecule has 4 fully saturated rings. The Morgan fingerprint density at radius 2 is 0.883 bits per heavy atom. The van der Waals surface area contributed by atoms with Gasteiger partial charge in [0.15, 0.2) is 25.2 Å². The molecular weight excluding hydrogens is 1230 g/mol. The summed E-state index contributed by atoms with van der Waals surface area (Å²) < 4.78 is 47.2. The molecule has 26 heteroatoms. The average molecular weight is 1360 g/mol. The van der Waals surface area contributed by atoms with Crippen LogP contribution in [0.15, 0.2) is 0 Å². The zero-order chi connectivity index (χ0) is 69.1. The molecule has 0 bridgehead atoms. The number of nitrogens with one attached hydrogen (secondary N) is 2. The van der Waals surface area contributed by atoms with Crippen LogP contribution in [0.4, 0.5) is 0 Å². The minimum atomic E-state index is -2.10. The van der Waals surface area contributed by atoms with Gasteiger partial charge >= 0.3 is 0 Å². The predicted octanol–water partition coefficient (Wildman–Crippen LogP) is 3.17. The number of carbonyl (C=O) groups is 2. The van der Waals surface area contributed by atoms with Gasteiger partial charge in [0, 0.05) is 6.92 Å². The van der Waals surface area contributed by atoms with Crippen molar-refractivity contribution in [1.29, 1.82) is 0 Å². The summed E-state index contributed by atoms with van der Waals surface area (Å²) in [6, 6.07) is -2.93. The van der Waals surface area contributed by atoms with Crippen LogP contribution in [-0.4, -0.2) is 257 Å². The van der Waals surface area contributed by atoms with Gasteiger partial charge in [-0.05, 0) is 25.7 Å². The van der Waals surface area contributed by atoms with Crippen molar-refractivity contribution < 1.29 is 119 Å². The van der Waals surface area contributed by atoms with Crippen LogP contribution >= 0.6 is 0 Å². The first kappa shape index (κ1) is 84.5. The van der Waals surface area contributed by atoms with Crippen LogP contribution in [0.1, 0.15) is 240 Å². The number of aliphatic hydroxyl groups excluding tert-OH is 14. The highest BCUT2D eigenvalue weighted by atomic mass is 16.8. The number of carbonyl (C=O) groups excluding carboxylic acids is 2. The van der Waals surface area contributed by atoms with Gasteiger partial charge in [0.25, 0.3) is 0 Å². The third-order valence-electron chi connectivity index (χ3n) is 19.4. The first-order chi connectivity index (χ1) is 45.1. The molecule has 26 nitrogen and oxygen atoms in total. The van der Waals surface area contributed by atoms with E-state index in [1.807, 2.05) is 0 Å². The van der Waals surface area contributed by atoms with Crippen molar-refractivity contribution in [2.45, 2.75) is 387 Å². The van der Waals surface area contributed by atoms with Crippen molar-refractivity contribution in [3.63, 3.8) is 0 Å². The molecule has 2 amide bonds. The fraction of sp³-hybridized carbons (Fsp3) is 0.971. The number of ether oxygens (including phenoxy) is 8. The average Bonchev–Trinajstić information content (AvgIpc) is 0.796. The molecule has 4 aliphatic rings. The van der Waals surface area contributed by atoms with E-state index in [2.05, 4.69) is 31.4 Å². The molecule has 0 aromatic rings. The summed E-state index contributed by atoms with van der Waals surface area (Å²) in [5.41, 5.74) is 0. The maximum atomic E-state index is 13.7. The van der Waals surface area contributed by atoms with E-state index in [1.54, 1.807) is 0 Å². The predicted molar refractivity (Wildman–Crippen MR) is 346 cm³/mol. The first-order valence-corrected chi connectivity index (χ1v) is 36.2. The van der Waals surface area contributed by atoms with Gasteiger partial charge in [-0.3, -0.25) is 9.59 Å². The molecule has 16 N–H and O–H groups in total. The monoisotopic (exact) mass is 1360 g/mol. The van der Waals surface area contributed by atoms with Crippen molar-refractivity contribution in [3.8, 4) is 0 Å². The Kier molecular flexibility index (Phi) is 42.4. The van der Waals surface area contributed by atoms with Crippen molar-refractivity contribution in [2.24, 2.45) is 5.92 Å². The third kappa shape index (κ3) is 29.0. The van der Waals surface area contributed by atoms with Crippen LogP contribution in [-0.2, 0) is 47.5 Å². The number of hydrogen-bond acceptors (Lipinski definition) is 24. The summed E-state index contributed by atoms with van der Waals surface area (Å²) in [5, 5.41) is 159. The lowest BCUT2D eigenvalue weighted by molar-refractivity contribution is -0.373. The molecule has 4 saturated heterocycles. The van der Waals surface area contributed by atoms with Crippen LogP contribution in [0.5, 0.6) is 0 Å². The van der Waals surface area contributed by atoms with Gasteiger partial charge in [-0.25, -0.2) is 0 Å². The van der Waals surface area contributed by atoms with Gasteiger partial charge in [-0.1, -0.05) is 213 Å². The molecule has 0 aromatic carbocycles. The summed E-state index contributed by atoms with van der Waals surface area (Å²) in [7, 11) is 0. The van der Waals surface area contributed by atoms with Crippen LogP contribution in [0, 0.1) is 5.92 Å². The summed E-state index contributed by atoms with van der Waals surface area (Å²) in [6.07, 6.45) is -3.26. The Hall–Kier alpha value is -1.94. The van der Waals surface area contributed by atoms with E-state index in [0.717, 1.165) is 70.6 Å². The summed E-state index contributed by atoms with van der Waals surface area (Å²) >= 11 is 0. The molecule has 0 aliphatic carbocycles. The molecule has 25 unspecified atom stereocenters. The number of aliphatic hydroxyl groups is 14. The van der Waals surface area contributed by atoms with Gasteiger partial charge in [-0.15, -0.1) is 0 Å². The Balaban J connectivity index is 1.40. The zero-order valence-corrected chi connectivity index (χ0v) is 57.2. The van der Waals surface area contributed by atoms with Crippen molar-refractivity contribution >= 4 is 11.8 Å². The van der Waals surface area contributed by atoms with Crippen LogP contribution < -0.4 is 10.6 Å². The largest absolute Gasteiger partial charge is 0.394 e. The number of unbranched alkanes of at least 4 members (excludes halogenated alkanes) is 26. The van der Waals surface area contributed by atoms with Crippen molar-refractivity contribution in [1.82, 2.24) is 10.6 Å².